The van der Waals surface area contributed by atoms with Crippen LogP contribution in [0.25, 0.3) is 0 Å². The third kappa shape index (κ3) is 2.79. The Morgan fingerprint density at radius 3 is 2.90 bits per heavy atom. The minimum absolute atomic E-state index is 0.0765. The van der Waals surface area contributed by atoms with Crippen LogP contribution in [-0.4, -0.2) is 66.7 Å². The minimum atomic E-state index is -3.72. The molecule has 0 spiro atoms. The molecular formula is C11H19N3O5S. The molecule has 2 aliphatic rings. The van der Waals surface area contributed by atoms with Crippen molar-refractivity contribution < 1.29 is 23.1 Å². The first-order valence-electron chi connectivity index (χ1n) is 6.56. The topological polar surface area (TPSA) is 107 Å². The van der Waals surface area contributed by atoms with Crippen molar-refractivity contribution in [1.82, 2.24) is 13.9 Å². The van der Waals surface area contributed by atoms with Crippen LogP contribution in [-0.2, 0) is 19.8 Å². The predicted octanol–water partition coefficient (Wildman–Crippen LogP) is -1.15. The Labute approximate surface area is 117 Å². The second-order valence-corrected chi connectivity index (χ2v) is 7.13. The molecule has 2 unspecified atom stereocenters. The van der Waals surface area contributed by atoms with Gasteiger partial charge in [0.2, 0.25) is 5.91 Å². The molecule has 2 heterocycles. The van der Waals surface area contributed by atoms with Crippen LogP contribution in [0.15, 0.2) is 0 Å². The first-order chi connectivity index (χ1) is 9.34. The molecule has 2 rings (SSSR count). The highest BCUT2D eigenvalue weighted by Crippen LogP contribution is 2.30. The van der Waals surface area contributed by atoms with Gasteiger partial charge < -0.3 is 10.4 Å². The summed E-state index contributed by atoms with van der Waals surface area (Å²) < 4.78 is 27.3. The number of piperidine rings is 1. The summed E-state index contributed by atoms with van der Waals surface area (Å²) in [6.45, 7) is 0.623. The average molecular weight is 305 g/mol. The van der Waals surface area contributed by atoms with Crippen LogP contribution in [0, 0.1) is 5.92 Å². The summed E-state index contributed by atoms with van der Waals surface area (Å²) in [6.07, 6.45) is 1.09. The molecular weight excluding hydrogens is 286 g/mol. The van der Waals surface area contributed by atoms with Crippen molar-refractivity contribution in [3.05, 3.63) is 0 Å². The highest BCUT2D eigenvalue weighted by molar-refractivity contribution is 7.86. The molecule has 0 radical (unpaired) electrons. The number of amides is 1. The molecule has 0 saturated carbocycles. The van der Waals surface area contributed by atoms with Gasteiger partial charge in [-0.1, -0.05) is 0 Å². The standard InChI is InChI=1S/C11H19N3O5S/c1-13(6-4-10(15)16)20(18,19)14-5-2-3-8-9(14)7-12-11(8)17/h8-9H,2-7H2,1H3,(H,12,17)(H,15,16). The summed E-state index contributed by atoms with van der Waals surface area (Å²) in [7, 11) is -2.36. The van der Waals surface area contributed by atoms with Crippen molar-refractivity contribution in [1.29, 1.82) is 0 Å². The molecule has 2 aliphatic heterocycles. The molecule has 1 amide bonds. The Hall–Kier alpha value is -1.19. The Morgan fingerprint density at radius 2 is 2.25 bits per heavy atom. The number of carboxylic acids is 1. The van der Waals surface area contributed by atoms with E-state index in [1.807, 2.05) is 0 Å². The summed E-state index contributed by atoms with van der Waals surface area (Å²) >= 11 is 0. The molecule has 0 aromatic rings. The molecule has 0 bridgehead atoms. The number of rotatable bonds is 5. The lowest BCUT2D eigenvalue weighted by Crippen LogP contribution is -2.53. The number of nitrogens with one attached hydrogen (secondary N) is 1. The van der Waals surface area contributed by atoms with Crippen LogP contribution >= 0.6 is 0 Å². The summed E-state index contributed by atoms with van der Waals surface area (Å²) in [6, 6.07) is -0.353. The van der Waals surface area contributed by atoms with Crippen LogP contribution in [0.3, 0.4) is 0 Å². The van der Waals surface area contributed by atoms with Gasteiger partial charge in [-0.3, -0.25) is 9.59 Å². The lowest BCUT2D eigenvalue weighted by Gasteiger charge is -2.36. The number of carbonyl (C=O) groups is 2. The lowest BCUT2D eigenvalue weighted by molar-refractivity contribution is -0.137. The summed E-state index contributed by atoms with van der Waals surface area (Å²) in [5, 5.41) is 11.3. The molecule has 0 aromatic carbocycles. The third-order valence-electron chi connectivity index (χ3n) is 3.88. The zero-order valence-corrected chi connectivity index (χ0v) is 12.1. The van der Waals surface area contributed by atoms with E-state index in [0.29, 0.717) is 25.9 Å². The maximum Gasteiger partial charge on any atom is 0.304 e. The van der Waals surface area contributed by atoms with Gasteiger partial charge in [0, 0.05) is 26.7 Å². The molecule has 114 valence electrons. The Balaban J connectivity index is 2.12. The fourth-order valence-corrected chi connectivity index (χ4v) is 4.35. The predicted molar refractivity (Wildman–Crippen MR) is 70.0 cm³/mol. The van der Waals surface area contributed by atoms with Crippen molar-refractivity contribution in [2.45, 2.75) is 25.3 Å². The van der Waals surface area contributed by atoms with E-state index >= 15 is 0 Å². The van der Waals surface area contributed by atoms with Gasteiger partial charge in [-0.05, 0) is 12.8 Å². The van der Waals surface area contributed by atoms with Gasteiger partial charge in [-0.25, -0.2) is 0 Å². The highest BCUT2D eigenvalue weighted by Gasteiger charge is 2.46. The minimum Gasteiger partial charge on any atom is -0.481 e. The van der Waals surface area contributed by atoms with E-state index in [4.69, 9.17) is 5.11 Å². The van der Waals surface area contributed by atoms with Crippen molar-refractivity contribution >= 4 is 22.1 Å². The quantitative estimate of drug-likeness (QED) is 0.667. The van der Waals surface area contributed by atoms with Crippen LogP contribution in [0.5, 0.6) is 0 Å². The van der Waals surface area contributed by atoms with Crippen LogP contribution in [0.1, 0.15) is 19.3 Å². The van der Waals surface area contributed by atoms with Gasteiger partial charge in [0.1, 0.15) is 0 Å². The molecule has 0 aliphatic carbocycles. The summed E-state index contributed by atoms with van der Waals surface area (Å²) in [5.74, 6) is -1.42. The lowest BCUT2D eigenvalue weighted by atomic mass is 9.93. The smallest absolute Gasteiger partial charge is 0.304 e. The second-order valence-electron chi connectivity index (χ2n) is 5.14. The van der Waals surface area contributed by atoms with E-state index in [2.05, 4.69) is 5.32 Å². The largest absolute Gasteiger partial charge is 0.481 e. The van der Waals surface area contributed by atoms with Crippen LogP contribution < -0.4 is 5.32 Å². The Kier molecular flexibility index (Phi) is 4.31. The van der Waals surface area contributed by atoms with E-state index < -0.39 is 16.2 Å². The van der Waals surface area contributed by atoms with Crippen LogP contribution in [0.2, 0.25) is 0 Å². The monoisotopic (exact) mass is 305 g/mol. The number of fused-ring (bicyclic) bond motifs is 1. The molecule has 2 fully saturated rings. The van der Waals surface area contributed by atoms with E-state index in [9.17, 15) is 18.0 Å². The zero-order valence-electron chi connectivity index (χ0n) is 11.3. The maximum atomic E-state index is 12.5. The fraction of sp³-hybridized carbons (Fsp3) is 0.818. The number of nitrogens with zero attached hydrogens (tertiary/aromatic N) is 2. The number of hydrogen-bond acceptors (Lipinski definition) is 4. The van der Waals surface area contributed by atoms with Crippen molar-refractivity contribution in [2.75, 3.05) is 26.7 Å². The summed E-state index contributed by atoms with van der Waals surface area (Å²) in [5.41, 5.74) is 0. The van der Waals surface area contributed by atoms with Crippen LogP contribution in [0.4, 0.5) is 0 Å². The molecule has 8 nitrogen and oxygen atoms in total. The molecule has 2 N–H and O–H groups in total. The SMILES string of the molecule is CN(CCC(=O)O)S(=O)(=O)N1CCCC2C(=O)NCC21. The molecule has 20 heavy (non-hydrogen) atoms. The number of carboxylic acid groups (broad SMARTS) is 1. The van der Waals surface area contributed by atoms with Gasteiger partial charge in [0.05, 0.1) is 18.4 Å². The number of aliphatic carboxylic acids is 1. The maximum absolute atomic E-state index is 12.5. The Morgan fingerprint density at radius 1 is 1.55 bits per heavy atom. The normalized spacial score (nSPS) is 27.4. The average Bonchev–Trinajstić information content (AvgIpc) is 2.77. The molecule has 0 aromatic heterocycles. The number of carbonyl (C=O) groups excluding carboxylic acids is 1. The highest BCUT2D eigenvalue weighted by atomic mass is 32.2. The molecule has 2 saturated heterocycles. The van der Waals surface area contributed by atoms with Gasteiger partial charge in [0.25, 0.3) is 10.2 Å². The second kappa shape index (κ2) is 5.66. The van der Waals surface area contributed by atoms with E-state index in [1.54, 1.807) is 0 Å². The van der Waals surface area contributed by atoms with Crippen molar-refractivity contribution in [2.24, 2.45) is 5.92 Å². The Bertz CT molecular complexity index is 506. The first-order valence-corrected chi connectivity index (χ1v) is 7.96. The van der Waals surface area contributed by atoms with E-state index in [-0.39, 0.29) is 30.8 Å². The first kappa shape index (κ1) is 15.2. The molecule has 2 atom stereocenters. The third-order valence-corrected chi connectivity index (χ3v) is 5.90. The van der Waals surface area contributed by atoms with Gasteiger partial charge >= 0.3 is 5.97 Å². The van der Waals surface area contributed by atoms with Crippen molar-refractivity contribution in [3.8, 4) is 0 Å². The number of hydrogen-bond donors (Lipinski definition) is 2. The zero-order chi connectivity index (χ0) is 14.9. The molecule has 9 heteroatoms. The van der Waals surface area contributed by atoms with Gasteiger partial charge in [0.15, 0.2) is 0 Å². The van der Waals surface area contributed by atoms with Gasteiger partial charge in [-0.15, -0.1) is 0 Å². The van der Waals surface area contributed by atoms with Gasteiger partial charge in [-0.2, -0.15) is 17.0 Å². The fourth-order valence-electron chi connectivity index (χ4n) is 2.75. The summed E-state index contributed by atoms with van der Waals surface area (Å²) in [4.78, 5) is 22.2. The van der Waals surface area contributed by atoms with E-state index in [1.165, 1.54) is 11.4 Å². The van der Waals surface area contributed by atoms with E-state index in [0.717, 1.165) is 4.31 Å². The van der Waals surface area contributed by atoms with Crippen molar-refractivity contribution in [3.63, 3.8) is 0 Å².